The molecule has 0 saturated heterocycles. The highest BCUT2D eigenvalue weighted by atomic mass is 16.3. The van der Waals surface area contributed by atoms with Gasteiger partial charge in [-0.25, -0.2) is 9.97 Å². The highest BCUT2D eigenvalue weighted by molar-refractivity contribution is 5.86. The zero-order valence-corrected chi connectivity index (χ0v) is 6.90. The zero-order chi connectivity index (χ0) is 9.42. The van der Waals surface area contributed by atoms with Crippen molar-refractivity contribution in [3.05, 3.63) is 17.7 Å². The summed E-state index contributed by atoms with van der Waals surface area (Å²) in [5, 5.41) is 8.77. The standard InChI is InChI=1S/C8H6N4O/c1-4-5(2-9)6(10)7-8(12-4)13-3-11-7/h3H,1H3,(H2,10,12). The minimum absolute atomic E-state index is 0.332. The summed E-state index contributed by atoms with van der Waals surface area (Å²) in [5.74, 6) is 0. The number of hydrogen-bond donors (Lipinski definition) is 1. The summed E-state index contributed by atoms with van der Waals surface area (Å²) in [5.41, 5.74) is 7.76. The van der Waals surface area contributed by atoms with Crippen molar-refractivity contribution >= 4 is 16.9 Å². The number of aromatic nitrogens is 2. The second-order valence-corrected chi connectivity index (χ2v) is 2.60. The van der Waals surface area contributed by atoms with Crippen LogP contribution in [0.2, 0.25) is 0 Å². The summed E-state index contributed by atoms with van der Waals surface area (Å²) in [6.07, 6.45) is 1.26. The van der Waals surface area contributed by atoms with Crippen molar-refractivity contribution in [3.8, 4) is 6.07 Å². The van der Waals surface area contributed by atoms with Gasteiger partial charge in [0.25, 0.3) is 0 Å². The fourth-order valence-electron chi connectivity index (χ4n) is 1.17. The van der Waals surface area contributed by atoms with Gasteiger partial charge < -0.3 is 10.2 Å². The number of rotatable bonds is 0. The Bertz CT molecular complexity index is 509. The molecule has 13 heavy (non-hydrogen) atoms. The van der Waals surface area contributed by atoms with Crippen LogP contribution in [0.4, 0.5) is 5.69 Å². The summed E-state index contributed by atoms with van der Waals surface area (Å²) in [4.78, 5) is 7.90. The van der Waals surface area contributed by atoms with E-state index in [1.165, 1.54) is 6.39 Å². The Morgan fingerprint density at radius 1 is 1.62 bits per heavy atom. The molecule has 0 aromatic carbocycles. The van der Waals surface area contributed by atoms with Crippen LogP contribution in [0.25, 0.3) is 11.2 Å². The highest BCUT2D eigenvalue weighted by Crippen LogP contribution is 2.23. The number of oxazole rings is 1. The lowest BCUT2D eigenvalue weighted by Gasteiger charge is -1.99. The molecule has 0 saturated carbocycles. The van der Waals surface area contributed by atoms with Crippen molar-refractivity contribution in [2.24, 2.45) is 0 Å². The number of pyridine rings is 1. The van der Waals surface area contributed by atoms with Crippen molar-refractivity contribution in [3.63, 3.8) is 0 Å². The average molecular weight is 174 g/mol. The summed E-state index contributed by atoms with van der Waals surface area (Å²) in [7, 11) is 0. The van der Waals surface area contributed by atoms with Gasteiger partial charge >= 0.3 is 0 Å². The number of hydrogen-bond acceptors (Lipinski definition) is 5. The number of nitrogen functional groups attached to an aromatic ring is 1. The van der Waals surface area contributed by atoms with Crippen LogP contribution in [0.15, 0.2) is 10.8 Å². The fraction of sp³-hybridized carbons (Fsp3) is 0.125. The molecule has 0 bridgehead atoms. The van der Waals surface area contributed by atoms with Gasteiger partial charge in [-0.1, -0.05) is 0 Å². The normalized spacial score (nSPS) is 10.2. The van der Waals surface area contributed by atoms with E-state index < -0.39 is 0 Å². The molecule has 5 nitrogen and oxygen atoms in total. The monoisotopic (exact) mass is 174 g/mol. The van der Waals surface area contributed by atoms with E-state index in [4.69, 9.17) is 15.4 Å². The molecule has 2 aromatic heterocycles. The molecule has 0 aliphatic heterocycles. The molecule has 0 aliphatic rings. The first-order valence-corrected chi connectivity index (χ1v) is 3.63. The summed E-state index contributed by atoms with van der Waals surface area (Å²) >= 11 is 0. The third kappa shape index (κ3) is 0.924. The van der Waals surface area contributed by atoms with Crippen LogP contribution in [0.5, 0.6) is 0 Å². The third-order valence-electron chi connectivity index (χ3n) is 1.82. The quantitative estimate of drug-likeness (QED) is 0.643. The van der Waals surface area contributed by atoms with E-state index in [-0.39, 0.29) is 0 Å². The van der Waals surface area contributed by atoms with Gasteiger partial charge in [0.05, 0.1) is 16.9 Å². The molecule has 2 heterocycles. The van der Waals surface area contributed by atoms with E-state index in [0.717, 1.165) is 0 Å². The lowest BCUT2D eigenvalue weighted by atomic mass is 10.2. The molecule has 64 valence electrons. The van der Waals surface area contributed by atoms with Crippen LogP contribution in [-0.2, 0) is 0 Å². The molecule has 0 spiro atoms. The Labute approximate surface area is 73.8 Å². The van der Waals surface area contributed by atoms with Crippen molar-refractivity contribution in [1.29, 1.82) is 5.26 Å². The van der Waals surface area contributed by atoms with Gasteiger partial charge in [-0.3, -0.25) is 0 Å². The molecule has 0 radical (unpaired) electrons. The lowest BCUT2D eigenvalue weighted by molar-refractivity contribution is 0.589. The maximum atomic E-state index is 8.77. The number of fused-ring (bicyclic) bond motifs is 1. The maximum absolute atomic E-state index is 8.77. The Hall–Kier alpha value is -2.09. The smallest absolute Gasteiger partial charge is 0.249 e. The summed E-state index contributed by atoms with van der Waals surface area (Å²) in [6, 6.07) is 1.98. The molecule has 2 aromatic rings. The van der Waals surface area contributed by atoms with Crippen LogP contribution in [0, 0.1) is 18.3 Å². The predicted octanol–water partition coefficient (Wildman–Crippen LogP) is 0.985. The Balaban J connectivity index is 2.95. The van der Waals surface area contributed by atoms with E-state index in [9.17, 15) is 0 Å². The molecule has 0 fully saturated rings. The largest absolute Gasteiger partial charge is 0.425 e. The topological polar surface area (TPSA) is 88.7 Å². The lowest BCUT2D eigenvalue weighted by Crippen LogP contribution is -1.97. The van der Waals surface area contributed by atoms with E-state index in [1.807, 2.05) is 6.07 Å². The van der Waals surface area contributed by atoms with Crippen molar-refractivity contribution < 1.29 is 4.42 Å². The van der Waals surface area contributed by atoms with E-state index in [2.05, 4.69) is 9.97 Å². The van der Waals surface area contributed by atoms with Gasteiger partial charge in [-0.05, 0) is 6.92 Å². The second-order valence-electron chi connectivity index (χ2n) is 2.60. The summed E-state index contributed by atoms with van der Waals surface area (Å²) < 4.78 is 4.97. The van der Waals surface area contributed by atoms with E-state index >= 15 is 0 Å². The first-order chi connectivity index (χ1) is 6.24. The number of nitrogens with zero attached hydrogens (tertiary/aromatic N) is 3. The number of anilines is 1. The first-order valence-electron chi connectivity index (χ1n) is 3.63. The number of aryl methyl sites for hydroxylation is 1. The van der Waals surface area contributed by atoms with Gasteiger partial charge in [-0.15, -0.1) is 0 Å². The maximum Gasteiger partial charge on any atom is 0.249 e. The Morgan fingerprint density at radius 2 is 2.38 bits per heavy atom. The van der Waals surface area contributed by atoms with Crippen LogP contribution >= 0.6 is 0 Å². The predicted molar refractivity (Wildman–Crippen MR) is 45.7 cm³/mol. The summed E-state index contributed by atoms with van der Waals surface area (Å²) in [6.45, 7) is 1.71. The van der Waals surface area contributed by atoms with Gasteiger partial charge in [0.2, 0.25) is 5.71 Å². The second kappa shape index (κ2) is 2.45. The Kier molecular flexibility index (Phi) is 1.43. The van der Waals surface area contributed by atoms with Crippen molar-refractivity contribution in [2.75, 3.05) is 5.73 Å². The van der Waals surface area contributed by atoms with Gasteiger partial charge in [-0.2, -0.15) is 5.26 Å². The van der Waals surface area contributed by atoms with E-state index in [1.54, 1.807) is 6.92 Å². The van der Waals surface area contributed by atoms with E-state index in [0.29, 0.717) is 28.2 Å². The number of nitrogens with two attached hydrogens (primary N) is 1. The molecule has 0 unspecified atom stereocenters. The van der Waals surface area contributed by atoms with Crippen LogP contribution in [0.3, 0.4) is 0 Å². The minimum Gasteiger partial charge on any atom is -0.425 e. The number of nitriles is 1. The van der Waals surface area contributed by atoms with Gasteiger partial charge in [0.1, 0.15) is 6.07 Å². The minimum atomic E-state index is 0.332. The molecular formula is C8H6N4O. The highest BCUT2D eigenvalue weighted by Gasteiger charge is 2.12. The van der Waals surface area contributed by atoms with Gasteiger partial charge in [0.15, 0.2) is 11.9 Å². The van der Waals surface area contributed by atoms with Gasteiger partial charge in [0, 0.05) is 0 Å². The molecule has 0 aliphatic carbocycles. The molecule has 2 N–H and O–H groups in total. The Morgan fingerprint density at radius 3 is 3.08 bits per heavy atom. The molecule has 5 heteroatoms. The molecular weight excluding hydrogens is 168 g/mol. The molecule has 0 atom stereocenters. The van der Waals surface area contributed by atoms with Crippen molar-refractivity contribution in [1.82, 2.24) is 9.97 Å². The van der Waals surface area contributed by atoms with Crippen LogP contribution in [-0.4, -0.2) is 9.97 Å². The average Bonchev–Trinajstić information content (AvgIpc) is 2.53. The molecule has 2 rings (SSSR count). The first kappa shape index (κ1) is 7.55. The fourth-order valence-corrected chi connectivity index (χ4v) is 1.17. The SMILES string of the molecule is Cc1nc2ocnc2c(N)c1C#N. The third-order valence-corrected chi connectivity index (χ3v) is 1.82. The zero-order valence-electron chi connectivity index (χ0n) is 6.90. The molecule has 0 amide bonds. The van der Waals surface area contributed by atoms with Crippen LogP contribution in [0.1, 0.15) is 11.3 Å². The van der Waals surface area contributed by atoms with Crippen LogP contribution < -0.4 is 5.73 Å². The van der Waals surface area contributed by atoms with Crippen molar-refractivity contribution in [2.45, 2.75) is 6.92 Å².